The van der Waals surface area contributed by atoms with Gasteiger partial charge in [0.05, 0.1) is 0 Å². The standard InChI is InChI=1S/C11H7NO4/c12-11(16)7-8(13)5-3-1-2-4-6(5)9(14)10(7)15/h1-4,13H,(H2,12,16). The average molecular weight is 217 g/mol. The number of aliphatic hydroxyl groups is 1. The van der Waals surface area contributed by atoms with E-state index in [1.165, 1.54) is 12.1 Å². The van der Waals surface area contributed by atoms with E-state index < -0.39 is 28.8 Å². The Labute approximate surface area is 90.2 Å². The number of hydrogen-bond donors (Lipinski definition) is 2. The van der Waals surface area contributed by atoms with Crippen LogP contribution in [0.15, 0.2) is 29.8 Å². The van der Waals surface area contributed by atoms with E-state index in [-0.39, 0.29) is 11.1 Å². The van der Waals surface area contributed by atoms with Crippen molar-refractivity contribution in [2.45, 2.75) is 0 Å². The van der Waals surface area contributed by atoms with E-state index in [0.29, 0.717) is 0 Å². The van der Waals surface area contributed by atoms with Crippen LogP contribution in [0.25, 0.3) is 5.76 Å². The summed E-state index contributed by atoms with van der Waals surface area (Å²) in [6.45, 7) is 0. The van der Waals surface area contributed by atoms with E-state index >= 15 is 0 Å². The molecule has 0 radical (unpaired) electrons. The highest BCUT2D eigenvalue weighted by molar-refractivity contribution is 6.57. The van der Waals surface area contributed by atoms with Gasteiger partial charge >= 0.3 is 0 Å². The van der Waals surface area contributed by atoms with Crippen LogP contribution in [0.3, 0.4) is 0 Å². The topological polar surface area (TPSA) is 97.5 Å². The van der Waals surface area contributed by atoms with Crippen LogP contribution in [0, 0.1) is 0 Å². The Hall–Kier alpha value is -2.43. The van der Waals surface area contributed by atoms with Crippen LogP contribution in [0.4, 0.5) is 0 Å². The van der Waals surface area contributed by atoms with Crippen molar-refractivity contribution in [1.82, 2.24) is 0 Å². The first-order valence-electron chi connectivity index (χ1n) is 4.45. The highest BCUT2D eigenvalue weighted by Gasteiger charge is 2.35. The number of fused-ring (bicyclic) bond motifs is 1. The third-order valence-electron chi connectivity index (χ3n) is 2.34. The number of ketones is 2. The smallest absolute Gasteiger partial charge is 0.256 e. The minimum atomic E-state index is -1.11. The number of aliphatic hydroxyl groups excluding tert-OH is 1. The van der Waals surface area contributed by atoms with Gasteiger partial charge in [0.2, 0.25) is 11.6 Å². The fraction of sp³-hybridized carbons (Fsp3) is 0. The van der Waals surface area contributed by atoms with Crippen LogP contribution in [0.2, 0.25) is 0 Å². The van der Waals surface area contributed by atoms with Crippen molar-refractivity contribution < 1.29 is 19.5 Å². The van der Waals surface area contributed by atoms with Crippen LogP contribution in [-0.4, -0.2) is 22.6 Å². The van der Waals surface area contributed by atoms with E-state index in [0.717, 1.165) is 0 Å². The molecule has 0 unspecified atom stereocenters. The summed E-state index contributed by atoms with van der Waals surface area (Å²) in [7, 11) is 0. The van der Waals surface area contributed by atoms with Gasteiger partial charge in [0.1, 0.15) is 11.3 Å². The first-order valence-corrected chi connectivity index (χ1v) is 4.45. The molecule has 1 amide bonds. The molecule has 0 aliphatic heterocycles. The zero-order chi connectivity index (χ0) is 11.9. The maximum Gasteiger partial charge on any atom is 0.256 e. The van der Waals surface area contributed by atoms with Crippen LogP contribution >= 0.6 is 0 Å². The number of benzene rings is 1. The Morgan fingerprint density at radius 1 is 1.06 bits per heavy atom. The summed E-state index contributed by atoms with van der Waals surface area (Å²) >= 11 is 0. The summed E-state index contributed by atoms with van der Waals surface area (Å²) in [5, 5.41) is 9.69. The Kier molecular flexibility index (Phi) is 2.09. The minimum Gasteiger partial charge on any atom is -0.506 e. The van der Waals surface area contributed by atoms with Crippen molar-refractivity contribution in [1.29, 1.82) is 0 Å². The van der Waals surface area contributed by atoms with E-state index in [1.54, 1.807) is 12.1 Å². The van der Waals surface area contributed by atoms with Crippen molar-refractivity contribution in [3.8, 4) is 0 Å². The highest BCUT2D eigenvalue weighted by Crippen LogP contribution is 2.27. The van der Waals surface area contributed by atoms with Gasteiger partial charge in [0.15, 0.2) is 0 Å². The van der Waals surface area contributed by atoms with Crippen molar-refractivity contribution in [2.24, 2.45) is 5.73 Å². The summed E-state index contributed by atoms with van der Waals surface area (Å²) in [5.74, 6) is -3.54. The molecule has 1 aromatic carbocycles. The number of amides is 1. The molecule has 0 fully saturated rings. The van der Waals surface area contributed by atoms with E-state index in [2.05, 4.69) is 0 Å². The molecule has 5 nitrogen and oxygen atoms in total. The number of primary amides is 1. The Bertz CT molecular complexity index is 557. The molecule has 0 atom stereocenters. The van der Waals surface area contributed by atoms with Crippen LogP contribution in [-0.2, 0) is 9.59 Å². The molecule has 1 aliphatic rings. The molecule has 5 heteroatoms. The number of rotatable bonds is 1. The lowest BCUT2D eigenvalue weighted by Gasteiger charge is -2.15. The summed E-state index contributed by atoms with van der Waals surface area (Å²) in [6, 6.07) is 5.99. The molecular weight excluding hydrogens is 210 g/mol. The number of carbonyl (C=O) groups excluding carboxylic acids is 3. The van der Waals surface area contributed by atoms with Gasteiger partial charge in [-0.2, -0.15) is 0 Å². The summed E-state index contributed by atoms with van der Waals surface area (Å²) < 4.78 is 0. The first kappa shape index (κ1) is 10.1. The lowest BCUT2D eigenvalue weighted by atomic mass is 9.88. The molecule has 2 rings (SSSR count). The highest BCUT2D eigenvalue weighted by atomic mass is 16.3. The van der Waals surface area contributed by atoms with Gasteiger partial charge in [-0.1, -0.05) is 24.3 Å². The predicted molar refractivity (Wildman–Crippen MR) is 54.5 cm³/mol. The van der Waals surface area contributed by atoms with E-state index in [1.807, 2.05) is 0 Å². The number of nitrogens with two attached hydrogens (primary N) is 1. The van der Waals surface area contributed by atoms with Crippen molar-refractivity contribution >= 4 is 23.2 Å². The molecule has 1 aromatic rings. The average Bonchev–Trinajstić information content (AvgIpc) is 2.26. The number of Topliss-reactive ketones (excluding diaryl/α,β-unsaturated/α-hetero) is 2. The Morgan fingerprint density at radius 3 is 2.19 bits per heavy atom. The van der Waals surface area contributed by atoms with Crippen LogP contribution in [0.5, 0.6) is 0 Å². The maximum absolute atomic E-state index is 11.6. The molecule has 0 saturated heterocycles. The fourth-order valence-corrected chi connectivity index (χ4v) is 1.59. The first-order chi connectivity index (χ1) is 7.54. The second kappa shape index (κ2) is 3.30. The Morgan fingerprint density at radius 2 is 1.62 bits per heavy atom. The number of hydrogen-bond acceptors (Lipinski definition) is 4. The fourth-order valence-electron chi connectivity index (χ4n) is 1.59. The van der Waals surface area contributed by atoms with Crippen molar-refractivity contribution in [3.63, 3.8) is 0 Å². The van der Waals surface area contributed by atoms with Gasteiger partial charge in [0.25, 0.3) is 5.91 Å². The van der Waals surface area contributed by atoms with E-state index in [4.69, 9.17) is 5.73 Å². The van der Waals surface area contributed by atoms with Crippen molar-refractivity contribution in [2.75, 3.05) is 0 Å². The normalized spacial score (nSPS) is 15.0. The largest absolute Gasteiger partial charge is 0.506 e. The van der Waals surface area contributed by atoms with Gasteiger partial charge in [-0.25, -0.2) is 0 Å². The third kappa shape index (κ3) is 1.22. The lowest BCUT2D eigenvalue weighted by molar-refractivity contribution is -0.119. The molecule has 0 heterocycles. The molecule has 3 N–H and O–H groups in total. The van der Waals surface area contributed by atoms with Gasteiger partial charge in [-0.05, 0) is 0 Å². The minimum absolute atomic E-state index is 0.0787. The predicted octanol–water partition coefficient (Wildman–Crippen LogP) is 0.206. The third-order valence-corrected chi connectivity index (χ3v) is 2.34. The maximum atomic E-state index is 11.6. The zero-order valence-corrected chi connectivity index (χ0v) is 8.06. The van der Waals surface area contributed by atoms with E-state index in [9.17, 15) is 19.5 Å². The molecule has 0 aromatic heterocycles. The monoisotopic (exact) mass is 217 g/mol. The van der Waals surface area contributed by atoms with Gasteiger partial charge in [-0.3, -0.25) is 14.4 Å². The van der Waals surface area contributed by atoms with Gasteiger partial charge in [0, 0.05) is 11.1 Å². The molecule has 0 bridgehead atoms. The zero-order valence-electron chi connectivity index (χ0n) is 8.06. The lowest BCUT2D eigenvalue weighted by Crippen LogP contribution is -2.31. The quantitative estimate of drug-likeness (QED) is 0.518. The molecule has 16 heavy (non-hydrogen) atoms. The molecule has 80 valence electrons. The molecule has 0 saturated carbocycles. The van der Waals surface area contributed by atoms with Crippen LogP contribution in [0.1, 0.15) is 15.9 Å². The SMILES string of the molecule is NC(=O)C1=C(O)c2ccccc2C(=O)C1=O. The molecule has 1 aliphatic carbocycles. The number of carbonyl (C=O) groups is 3. The molecule has 0 spiro atoms. The second-order valence-corrected chi connectivity index (χ2v) is 3.29. The van der Waals surface area contributed by atoms with Gasteiger partial charge in [-0.15, -0.1) is 0 Å². The van der Waals surface area contributed by atoms with Gasteiger partial charge < -0.3 is 10.8 Å². The summed E-state index contributed by atoms with van der Waals surface area (Å²) in [5.41, 5.74) is 4.52. The Balaban J connectivity index is 2.79. The van der Waals surface area contributed by atoms with Crippen molar-refractivity contribution in [3.05, 3.63) is 41.0 Å². The summed E-state index contributed by atoms with van der Waals surface area (Å²) in [4.78, 5) is 34.0. The van der Waals surface area contributed by atoms with Crippen LogP contribution < -0.4 is 5.73 Å². The molecular formula is C11H7NO4. The summed E-state index contributed by atoms with van der Waals surface area (Å²) in [6.07, 6.45) is 0. The second-order valence-electron chi connectivity index (χ2n) is 3.29.